The van der Waals surface area contributed by atoms with Crippen molar-refractivity contribution in [2.45, 2.75) is 46.6 Å². The SMILES string of the molecule is CCc1ccc(C)cc1N(C)C(C)CC. The van der Waals surface area contributed by atoms with Crippen LogP contribution in [-0.4, -0.2) is 13.1 Å². The average molecular weight is 205 g/mol. The predicted molar refractivity (Wildman–Crippen MR) is 68.7 cm³/mol. The molecule has 0 saturated carbocycles. The van der Waals surface area contributed by atoms with Crippen LogP contribution in [-0.2, 0) is 6.42 Å². The summed E-state index contributed by atoms with van der Waals surface area (Å²) in [6.07, 6.45) is 2.30. The van der Waals surface area contributed by atoms with Crippen LogP contribution in [0.15, 0.2) is 18.2 Å². The fraction of sp³-hybridized carbons (Fsp3) is 0.571. The van der Waals surface area contributed by atoms with Gasteiger partial charge in [-0.2, -0.15) is 0 Å². The number of aryl methyl sites for hydroxylation is 2. The van der Waals surface area contributed by atoms with Gasteiger partial charge in [-0.3, -0.25) is 0 Å². The standard InChI is InChI=1S/C14H23N/c1-6-12(4)15(5)14-10-11(3)8-9-13(14)7-2/h8-10,12H,6-7H2,1-5H3. The Kier molecular flexibility index (Phi) is 4.19. The van der Waals surface area contributed by atoms with Crippen LogP contribution in [0.5, 0.6) is 0 Å². The first kappa shape index (κ1) is 12.1. The van der Waals surface area contributed by atoms with Crippen LogP contribution < -0.4 is 4.90 Å². The Labute approximate surface area is 94.1 Å². The topological polar surface area (TPSA) is 3.24 Å². The smallest absolute Gasteiger partial charge is 0.0401 e. The van der Waals surface area contributed by atoms with Crippen LogP contribution in [0, 0.1) is 6.92 Å². The van der Waals surface area contributed by atoms with Crippen molar-refractivity contribution >= 4 is 5.69 Å². The Morgan fingerprint density at radius 2 is 1.93 bits per heavy atom. The minimum absolute atomic E-state index is 0.608. The molecule has 15 heavy (non-hydrogen) atoms. The van der Waals surface area contributed by atoms with Crippen LogP contribution in [0.3, 0.4) is 0 Å². The van der Waals surface area contributed by atoms with E-state index in [4.69, 9.17) is 0 Å². The van der Waals surface area contributed by atoms with Crippen molar-refractivity contribution in [1.82, 2.24) is 0 Å². The molecule has 1 atom stereocenters. The highest BCUT2D eigenvalue weighted by atomic mass is 15.1. The third-order valence-electron chi connectivity index (χ3n) is 3.25. The molecule has 1 rings (SSSR count). The third-order valence-corrected chi connectivity index (χ3v) is 3.25. The van der Waals surface area contributed by atoms with Crippen molar-refractivity contribution in [3.8, 4) is 0 Å². The molecule has 1 aromatic carbocycles. The zero-order valence-corrected chi connectivity index (χ0v) is 10.7. The molecule has 0 aliphatic carbocycles. The highest BCUT2D eigenvalue weighted by Gasteiger charge is 2.11. The van der Waals surface area contributed by atoms with Crippen LogP contribution >= 0.6 is 0 Å². The second-order valence-electron chi connectivity index (χ2n) is 4.35. The van der Waals surface area contributed by atoms with E-state index in [1.807, 2.05) is 0 Å². The summed E-state index contributed by atoms with van der Waals surface area (Å²) < 4.78 is 0. The zero-order valence-electron chi connectivity index (χ0n) is 10.7. The maximum atomic E-state index is 2.39. The van der Waals surface area contributed by atoms with E-state index >= 15 is 0 Å². The van der Waals surface area contributed by atoms with E-state index in [0.29, 0.717) is 6.04 Å². The van der Waals surface area contributed by atoms with Crippen LogP contribution in [0.25, 0.3) is 0 Å². The maximum absolute atomic E-state index is 2.39. The lowest BCUT2D eigenvalue weighted by Crippen LogP contribution is -2.28. The summed E-state index contributed by atoms with van der Waals surface area (Å²) in [5.41, 5.74) is 4.19. The van der Waals surface area contributed by atoms with Crippen LogP contribution in [0.1, 0.15) is 38.3 Å². The van der Waals surface area contributed by atoms with Gasteiger partial charge in [0, 0.05) is 18.8 Å². The fourth-order valence-electron chi connectivity index (χ4n) is 1.81. The van der Waals surface area contributed by atoms with Gasteiger partial charge in [-0.1, -0.05) is 26.0 Å². The van der Waals surface area contributed by atoms with E-state index in [9.17, 15) is 0 Å². The third kappa shape index (κ3) is 2.74. The summed E-state index contributed by atoms with van der Waals surface area (Å²) in [6, 6.07) is 7.36. The molecular weight excluding hydrogens is 182 g/mol. The molecule has 0 saturated heterocycles. The summed E-state index contributed by atoms with van der Waals surface area (Å²) in [6.45, 7) is 8.90. The van der Waals surface area contributed by atoms with E-state index in [0.717, 1.165) is 6.42 Å². The number of rotatable bonds is 4. The summed E-state index contributed by atoms with van der Waals surface area (Å²) in [5.74, 6) is 0. The Hall–Kier alpha value is -0.980. The highest BCUT2D eigenvalue weighted by molar-refractivity contribution is 5.55. The molecule has 84 valence electrons. The van der Waals surface area contributed by atoms with E-state index in [-0.39, 0.29) is 0 Å². The van der Waals surface area contributed by atoms with Gasteiger partial charge in [0.25, 0.3) is 0 Å². The summed E-state index contributed by atoms with van der Waals surface area (Å²) in [5, 5.41) is 0. The normalized spacial score (nSPS) is 12.6. The van der Waals surface area contributed by atoms with E-state index in [1.165, 1.54) is 23.2 Å². The molecule has 1 nitrogen and oxygen atoms in total. The Bertz CT molecular complexity index is 317. The second-order valence-corrected chi connectivity index (χ2v) is 4.35. The van der Waals surface area contributed by atoms with Crippen molar-refractivity contribution in [3.05, 3.63) is 29.3 Å². The fourth-order valence-corrected chi connectivity index (χ4v) is 1.81. The van der Waals surface area contributed by atoms with E-state index in [2.05, 4.69) is 57.8 Å². The molecule has 0 aliphatic heterocycles. The van der Waals surface area contributed by atoms with Gasteiger partial charge in [0.05, 0.1) is 0 Å². The summed E-state index contributed by atoms with van der Waals surface area (Å²) in [7, 11) is 2.20. The van der Waals surface area contributed by atoms with Gasteiger partial charge >= 0.3 is 0 Å². The molecule has 0 fully saturated rings. The highest BCUT2D eigenvalue weighted by Crippen LogP contribution is 2.24. The Morgan fingerprint density at radius 3 is 2.47 bits per heavy atom. The molecule has 0 amide bonds. The largest absolute Gasteiger partial charge is 0.372 e. The van der Waals surface area contributed by atoms with Gasteiger partial charge in [-0.05, 0) is 43.9 Å². The van der Waals surface area contributed by atoms with Gasteiger partial charge in [-0.15, -0.1) is 0 Å². The first-order valence-electron chi connectivity index (χ1n) is 5.92. The predicted octanol–water partition coefficient (Wildman–Crippen LogP) is 3.79. The molecule has 0 radical (unpaired) electrons. The molecule has 0 heterocycles. The molecule has 1 heteroatoms. The van der Waals surface area contributed by atoms with Crippen molar-refractivity contribution in [1.29, 1.82) is 0 Å². The minimum atomic E-state index is 0.608. The summed E-state index contributed by atoms with van der Waals surface area (Å²) >= 11 is 0. The van der Waals surface area contributed by atoms with Gasteiger partial charge in [0.2, 0.25) is 0 Å². The maximum Gasteiger partial charge on any atom is 0.0401 e. The van der Waals surface area contributed by atoms with Crippen molar-refractivity contribution in [3.63, 3.8) is 0 Å². The molecular formula is C14H23N. The minimum Gasteiger partial charge on any atom is -0.372 e. The monoisotopic (exact) mass is 205 g/mol. The molecule has 0 aromatic heterocycles. The van der Waals surface area contributed by atoms with Gasteiger partial charge < -0.3 is 4.90 Å². The van der Waals surface area contributed by atoms with E-state index in [1.54, 1.807) is 0 Å². The molecule has 0 bridgehead atoms. The lowest BCUT2D eigenvalue weighted by molar-refractivity contribution is 0.661. The zero-order chi connectivity index (χ0) is 11.4. The molecule has 0 spiro atoms. The van der Waals surface area contributed by atoms with Crippen LogP contribution in [0.2, 0.25) is 0 Å². The van der Waals surface area contributed by atoms with Crippen LogP contribution in [0.4, 0.5) is 5.69 Å². The number of benzene rings is 1. The molecule has 0 N–H and O–H groups in total. The quantitative estimate of drug-likeness (QED) is 0.723. The number of nitrogens with zero attached hydrogens (tertiary/aromatic N) is 1. The lowest BCUT2D eigenvalue weighted by Gasteiger charge is -2.28. The Balaban J connectivity index is 3.05. The van der Waals surface area contributed by atoms with Gasteiger partial charge in [0.1, 0.15) is 0 Å². The first-order chi connectivity index (χ1) is 7.10. The molecule has 1 unspecified atom stereocenters. The van der Waals surface area contributed by atoms with Gasteiger partial charge in [-0.25, -0.2) is 0 Å². The van der Waals surface area contributed by atoms with E-state index < -0.39 is 0 Å². The number of anilines is 1. The lowest BCUT2D eigenvalue weighted by atomic mass is 10.1. The average Bonchev–Trinajstić information content (AvgIpc) is 2.27. The van der Waals surface area contributed by atoms with Crippen molar-refractivity contribution in [2.75, 3.05) is 11.9 Å². The first-order valence-corrected chi connectivity index (χ1v) is 5.92. The van der Waals surface area contributed by atoms with Crippen molar-refractivity contribution in [2.24, 2.45) is 0 Å². The second kappa shape index (κ2) is 5.20. The van der Waals surface area contributed by atoms with Gasteiger partial charge in [0.15, 0.2) is 0 Å². The van der Waals surface area contributed by atoms with Crippen molar-refractivity contribution < 1.29 is 0 Å². The number of hydrogen-bond acceptors (Lipinski definition) is 1. The Morgan fingerprint density at radius 1 is 1.27 bits per heavy atom. The molecule has 1 aromatic rings. The summed E-state index contributed by atoms with van der Waals surface area (Å²) in [4.78, 5) is 2.39. The molecule has 0 aliphatic rings. The number of hydrogen-bond donors (Lipinski definition) is 0.